The molecule has 0 spiro atoms. The number of amides is 2. The lowest BCUT2D eigenvalue weighted by molar-refractivity contribution is 0.0173. The molecule has 1 aromatic carbocycles. The Kier molecular flexibility index (Phi) is 3.48. The number of aryl methyl sites for hydroxylation is 1. The number of carbonyl (C=O) groups is 1. The van der Waals surface area contributed by atoms with Crippen molar-refractivity contribution in [1.82, 2.24) is 14.3 Å². The van der Waals surface area contributed by atoms with Crippen LogP contribution in [0.4, 0.5) is 10.5 Å². The molecule has 5 nitrogen and oxygen atoms in total. The summed E-state index contributed by atoms with van der Waals surface area (Å²) in [5.41, 5.74) is 5.07. The molecule has 1 N–H and O–H groups in total. The summed E-state index contributed by atoms with van der Waals surface area (Å²) in [5, 5.41) is 3.10. The summed E-state index contributed by atoms with van der Waals surface area (Å²) in [6.07, 6.45) is 10.7. The number of nitrogens with one attached hydrogen (secondary N) is 1. The van der Waals surface area contributed by atoms with Crippen molar-refractivity contribution in [2.45, 2.75) is 44.7 Å². The van der Waals surface area contributed by atoms with Gasteiger partial charge in [0.05, 0.1) is 0 Å². The van der Waals surface area contributed by atoms with Crippen LogP contribution < -0.4 is 5.32 Å². The van der Waals surface area contributed by atoms with Gasteiger partial charge in [-0.25, -0.2) is 9.78 Å². The molecule has 2 saturated heterocycles. The standard InChI is InChI=1S/C21H22N4O/c1-14-7-8-16(23-21(26)25-17-4-2-5-18(25)11-17)10-19(14)15-12-22-20-6-3-9-24(20)13-15/h3,6-10,12-13,17-18H,2,4-5,11H2,1H3,(H,23,26). The van der Waals surface area contributed by atoms with Crippen LogP contribution in [0.25, 0.3) is 16.8 Å². The Morgan fingerprint density at radius 1 is 1.23 bits per heavy atom. The van der Waals surface area contributed by atoms with Gasteiger partial charge < -0.3 is 14.6 Å². The summed E-state index contributed by atoms with van der Waals surface area (Å²) in [6.45, 7) is 2.08. The molecule has 5 heteroatoms. The molecule has 2 bridgehead atoms. The third-order valence-corrected chi connectivity index (χ3v) is 5.81. The summed E-state index contributed by atoms with van der Waals surface area (Å²) in [5.74, 6) is 0. The highest BCUT2D eigenvalue weighted by molar-refractivity contribution is 5.91. The molecule has 0 aliphatic carbocycles. The highest BCUT2D eigenvalue weighted by Crippen LogP contribution is 2.38. The van der Waals surface area contributed by atoms with E-state index in [4.69, 9.17) is 0 Å². The zero-order valence-electron chi connectivity index (χ0n) is 14.9. The molecule has 2 unspecified atom stereocenters. The van der Waals surface area contributed by atoms with Gasteiger partial charge >= 0.3 is 6.03 Å². The van der Waals surface area contributed by atoms with Crippen molar-refractivity contribution in [2.24, 2.45) is 0 Å². The summed E-state index contributed by atoms with van der Waals surface area (Å²) >= 11 is 0. The van der Waals surface area contributed by atoms with E-state index in [1.807, 2.05) is 39.9 Å². The van der Waals surface area contributed by atoms with E-state index in [0.29, 0.717) is 12.1 Å². The molecular weight excluding hydrogens is 324 g/mol. The number of carbonyl (C=O) groups excluding carboxylic acids is 1. The molecule has 2 aliphatic heterocycles. The van der Waals surface area contributed by atoms with E-state index in [0.717, 1.165) is 40.9 Å². The van der Waals surface area contributed by atoms with Crippen LogP contribution in [-0.2, 0) is 0 Å². The van der Waals surface area contributed by atoms with Gasteiger partial charge in [0.2, 0.25) is 0 Å². The van der Waals surface area contributed by atoms with E-state index in [1.165, 1.54) is 12.8 Å². The lowest BCUT2D eigenvalue weighted by atomic mass is 9.80. The zero-order valence-corrected chi connectivity index (χ0v) is 14.9. The van der Waals surface area contributed by atoms with Gasteiger partial charge in [0.1, 0.15) is 5.65 Å². The van der Waals surface area contributed by atoms with Gasteiger partial charge in [-0.1, -0.05) is 6.07 Å². The molecule has 26 heavy (non-hydrogen) atoms. The van der Waals surface area contributed by atoms with Crippen LogP contribution in [0.3, 0.4) is 0 Å². The van der Waals surface area contributed by atoms with Gasteiger partial charge in [0.15, 0.2) is 0 Å². The first kappa shape index (κ1) is 15.4. The Balaban J connectivity index is 1.42. The third kappa shape index (κ3) is 2.46. The number of piperidine rings is 1. The fourth-order valence-electron chi connectivity index (χ4n) is 4.40. The van der Waals surface area contributed by atoms with Gasteiger partial charge in [-0.2, -0.15) is 0 Å². The Labute approximate surface area is 152 Å². The Bertz CT molecular complexity index is 979. The Morgan fingerprint density at radius 2 is 2.08 bits per heavy atom. The number of benzene rings is 1. The first-order valence-electron chi connectivity index (χ1n) is 9.32. The van der Waals surface area contributed by atoms with Crippen LogP contribution in [-0.4, -0.2) is 32.4 Å². The predicted molar refractivity (Wildman–Crippen MR) is 102 cm³/mol. The lowest BCUT2D eigenvalue weighted by Gasteiger charge is -2.52. The number of hydrogen-bond donors (Lipinski definition) is 1. The minimum absolute atomic E-state index is 0.0414. The molecule has 2 aromatic heterocycles. The highest BCUT2D eigenvalue weighted by Gasteiger charge is 2.44. The van der Waals surface area contributed by atoms with Gasteiger partial charge in [0, 0.05) is 41.9 Å². The smallest absolute Gasteiger partial charge is 0.318 e. The van der Waals surface area contributed by atoms with E-state index >= 15 is 0 Å². The SMILES string of the molecule is Cc1ccc(NC(=O)N2C3CCCC2C3)cc1-c1cnc2cccn2c1. The van der Waals surface area contributed by atoms with Gasteiger partial charge in [-0.05, 0) is 68.0 Å². The average molecular weight is 346 g/mol. The maximum absolute atomic E-state index is 12.7. The molecule has 5 rings (SSSR count). The molecule has 2 amide bonds. The summed E-state index contributed by atoms with van der Waals surface area (Å²) < 4.78 is 2.02. The van der Waals surface area contributed by atoms with Crippen molar-refractivity contribution in [2.75, 3.05) is 5.32 Å². The predicted octanol–water partition coefficient (Wildman–Crippen LogP) is 4.47. The van der Waals surface area contributed by atoms with Gasteiger partial charge in [0.25, 0.3) is 0 Å². The number of aromatic nitrogens is 2. The van der Waals surface area contributed by atoms with Crippen molar-refractivity contribution < 1.29 is 4.79 Å². The normalized spacial score (nSPS) is 21.5. The molecule has 2 atom stereocenters. The molecule has 4 heterocycles. The summed E-state index contributed by atoms with van der Waals surface area (Å²) in [4.78, 5) is 19.2. The van der Waals surface area contributed by atoms with E-state index in [9.17, 15) is 4.79 Å². The molecule has 2 fully saturated rings. The second-order valence-corrected chi connectivity index (χ2v) is 7.46. The van der Waals surface area contributed by atoms with Crippen LogP contribution in [0.2, 0.25) is 0 Å². The molecular formula is C21H22N4O. The van der Waals surface area contributed by atoms with Gasteiger partial charge in [-0.3, -0.25) is 0 Å². The summed E-state index contributed by atoms with van der Waals surface area (Å²) in [7, 11) is 0. The van der Waals surface area contributed by atoms with Crippen LogP contribution >= 0.6 is 0 Å². The fraction of sp³-hybridized carbons (Fsp3) is 0.333. The first-order chi connectivity index (χ1) is 12.7. The highest BCUT2D eigenvalue weighted by atomic mass is 16.2. The Hall–Kier alpha value is -2.82. The topological polar surface area (TPSA) is 49.6 Å². The van der Waals surface area contributed by atoms with E-state index in [-0.39, 0.29) is 6.03 Å². The van der Waals surface area contributed by atoms with E-state index in [1.54, 1.807) is 0 Å². The van der Waals surface area contributed by atoms with Crippen LogP contribution in [0.15, 0.2) is 48.9 Å². The van der Waals surface area contributed by atoms with Crippen molar-refractivity contribution in [3.8, 4) is 11.1 Å². The maximum Gasteiger partial charge on any atom is 0.322 e. The Morgan fingerprint density at radius 3 is 2.88 bits per heavy atom. The first-order valence-corrected chi connectivity index (χ1v) is 9.32. The minimum atomic E-state index is 0.0414. The summed E-state index contributed by atoms with van der Waals surface area (Å²) in [6, 6.07) is 11.0. The van der Waals surface area contributed by atoms with Gasteiger partial charge in [-0.15, -0.1) is 0 Å². The third-order valence-electron chi connectivity index (χ3n) is 5.81. The lowest BCUT2D eigenvalue weighted by Crippen LogP contribution is -2.62. The van der Waals surface area contributed by atoms with Crippen LogP contribution in [0.1, 0.15) is 31.2 Å². The minimum Gasteiger partial charge on any atom is -0.318 e. The second-order valence-electron chi connectivity index (χ2n) is 7.46. The fourth-order valence-corrected chi connectivity index (χ4v) is 4.40. The second kappa shape index (κ2) is 5.87. The quantitative estimate of drug-likeness (QED) is 0.744. The number of urea groups is 1. The van der Waals surface area contributed by atoms with E-state index in [2.05, 4.69) is 35.6 Å². The number of hydrogen-bond acceptors (Lipinski definition) is 2. The average Bonchev–Trinajstić information content (AvgIpc) is 3.11. The van der Waals surface area contributed by atoms with Crippen molar-refractivity contribution in [3.63, 3.8) is 0 Å². The van der Waals surface area contributed by atoms with Crippen molar-refractivity contribution in [3.05, 3.63) is 54.5 Å². The van der Waals surface area contributed by atoms with Crippen molar-refractivity contribution in [1.29, 1.82) is 0 Å². The molecule has 132 valence electrons. The van der Waals surface area contributed by atoms with Crippen LogP contribution in [0.5, 0.6) is 0 Å². The molecule has 0 radical (unpaired) electrons. The molecule has 3 aromatic rings. The number of fused-ring (bicyclic) bond motifs is 3. The maximum atomic E-state index is 12.7. The van der Waals surface area contributed by atoms with Crippen LogP contribution in [0, 0.1) is 6.92 Å². The number of rotatable bonds is 2. The van der Waals surface area contributed by atoms with E-state index < -0.39 is 0 Å². The van der Waals surface area contributed by atoms with Crippen molar-refractivity contribution >= 4 is 17.4 Å². The number of anilines is 1. The molecule has 0 saturated carbocycles. The number of nitrogens with zero attached hydrogens (tertiary/aromatic N) is 3. The largest absolute Gasteiger partial charge is 0.322 e. The molecule has 2 aliphatic rings. The zero-order chi connectivity index (χ0) is 17.7. The monoisotopic (exact) mass is 346 g/mol.